The zero-order valence-corrected chi connectivity index (χ0v) is 34.8. The molecular weight excluding hydrogens is 763 g/mol. The third-order valence-corrected chi connectivity index (χ3v) is 12.6. The van der Waals surface area contributed by atoms with Crippen LogP contribution in [0, 0.1) is 27.7 Å². The Bertz CT molecular complexity index is 2540. The second-order valence-corrected chi connectivity index (χ2v) is 16.2. The van der Waals surface area contributed by atoms with Crippen molar-refractivity contribution in [2.24, 2.45) is 7.05 Å². The van der Waals surface area contributed by atoms with Crippen molar-refractivity contribution >= 4 is 62.6 Å². The standard InChI is InChI=1S/C44H48Cl2N6O5/c1-25-22-30(23-26(2)38(25)46)57-19-9-11-31-32-13-14-34(45)37(36-28(4)47-48(6)29(36)5)39(32)51-24-27(3)52(43(53)41(31)51)40-33-10-7-8-12-35(33)50(42(40)44(54)55)16-15-49-17-20-56-21-18-49/h7-8,10,12-14,22-23,27H,9,11,15-21,24H2,1-6H3,(H,54,55)/t27-/m1/s1. The molecule has 0 saturated carbocycles. The topological polar surface area (TPSA) is 107 Å². The van der Waals surface area contributed by atoms with E-state index >= 15 is 4.79 Å². The third-order valence-electron chi connectivity index (χ3n) is 11.7. The maximum Gasteiger partial charge on any atom is 0.354 e. The fraction of sp³-hybridized carbons (Fsp3) is 0.386. The molecule has 6 aromatic rings. The fourth-order valence-corrected chi connectivity index (χ4v) is 9.36. The van der Waals surface area contributed by atoms with Crippen molar-refractivity contribution in [1.82, 2.24) is 23.8 Å². The predicted octanol–water partition coefficient (Wildman–Crippen LogP) is 8.63. The summed E-state index contributed by atoms with van der Waals surface area (Å²) >= 11 is 13.6. The average Bonchev–Trinajstić information content (AvgIpc) is 3.77. The quantitative estimate of drug-likeness (QED) is 0.131. The second kappa shape index (κ2) is 15.5. The van der Waals surface area contributed by atoms with Gasteiger partial charge in [-0.15, -0.1) is 0 Å². The molecule has 2 aliphatic heterocycles. The van der Waals surface area contributed by atoms with Crippen LogP contribution in [-0.2, 0) is 31.3 Å². The number of aromatic carboxylic acids is 1. The van der Waals surface area contributed by atoms with E-state index in [0.717, 1.165) is 84.9 Å². The number of benzene rings is 3. The molecule has 5 heterocycles. The number of fused-ring (bicyclic) bond motifs is 4. The highest BCUT2D eigenvalue weighted by Crippen LogP contribution is 2.45. The number of halogens is 2. The number of morpholine rings is 1. The monoisotopic (exact) mass is 810 g/mol. The van der Waals surface area contributed by atoms with E-state index in [0.29, 0.717) is 68.7 Å². The van der Waals surface area contributed by atoms with Gasteiger partial charge in [0, 0.05) is 72.4 Å². The minimum atomic E-state index is -1.07. The number of aryl methyl sites for hydroxylation is 5. The van der Waals surface area contributed by atoms with Crippen LogP contribution in [0.15, 0.2) is 48.5 Å². The predicted molar refractivity (Wildman–Crippen MR) is 226 cm³/mol. The van der Waals surface area contributed by atoms with Gasteiger partial charge in [0.1, 0.15) is 11.4 Å². The number of aromatic nitrogens is 4. The van der Waals surface area contributed by atoms with E-state index < -0.39 is 12.0 Å². The zero-order valence-electron chi connectivity index (χ0n) is 33.3. The summed E-state index contributed by atoms with van der Waals surface area (Å²) in [6.07, 6.45) is 1.16. The molecule has 13 heteroatoms. The maximum atomic E-state index is 15.5. The van der Waals surface area contributed by atoms with Crippen LogP contribution in [0.4, 0.5) is 5.69 Å². The minimum Gasteiger partial charge on any atom is -0.494 e. The summed E-state index contributed by atoms with van der Waals surface area (Å²) < 4.78 is 17.6. The first-order valence-electron chi connectivity index (χ1n) is 19.6. The lowest BCUT2D eigenvalue weighted by Gasteiger charge is -2.36. The molecule has 0 radical (unpaired) electrons. The van der Waals surface area contributed by atoms with Crippen LogP contribution in [0.1, 0.15) is 62.4 Å². The number of carboxylic acid groups (broad SMARTS) is 1. The molecule has 1 amide bonds. The number of ether oxygens (including phenoxy) is 2. The molecule has 11 nitrogen and oxygen atoms in total. The second-order valence-electron chi connectivity index (χ2n) is 15.4. The molecule has 2 aliphatic rings. The summed E-state index contributed by atoms with van der Waals surface area (Å²) in [5.74, 6) is -0.571. The molecule has 1 atom stereocenters. The Hall–Kier alpha value is -4.81. The Morgan fingerprint density at radius 1 is 0.982 bits per heavy atom. The Morgan fingerprint density at radius 3 is 2.39 bits per heavy atom. The van der Waals surface area contributed by atoms with E-state index in [2.05, 4.69) is 9.47 Å². The van der Waals surface area contributed by atoms with Crippen LogP contribution in [0.5, 0.6) is 5.75 Å². The van der Waals surface area contributed by atoms with Gasteiger partial charge in [-0.2, -0.15) is 5.10 Å². The summed E-state index contributed by atoms with van der Waals surface area (Å²) in [6.45, 7) is 14.8. The van der Waals surface area contributed by atoms with Crippen molar-refractivity contribution < 1.29 is 24.2 Å². The number of amides is 1. The summed E-state index contributed by atoms with van der Waals surface area (Å²) in [4.78, 5) is 32.9. The first-order chi connectivity index (χ1) is 27.4. The highest BCUT2D eigenvalue weighted by molar-refractivity contribution is 6.35. The fourth-order valence-electron chi connectivity index (χ4n) is 9.00. The Labute approximate surface area is 342 Å². The van der Waals surface area contributed by atoms with Crippen LogP contribution in [0.2, 0.25) is 10.0 Å². The minimum absolute atomic E-state index is 0.114. The Balaban J connectivity index is 1.26. The average molecular weight is 812 g/mol. The molecule has 1 fully saturated rings. The van der Waals surface area contributed by atoms with E-state index in [9.17, 15) is 9.90 Å². The van der Waals surface area contributed by atoms with Crippen molar-refractivity contribution in [1.29, 1.82) is 0 Å². The van der Waals surface area contributed by atoms with Gasteiger partial charge in [-0.3, -0.25) is 19.3 Å². The van der Waals surface area contributed by atoms with E-state index in [1.807, 2.05) is 99.4 Å². The summed E-state index contributed by atoms with van der Waals surface area (Å²) in [6, 6.07) is 15.1. The largest absolute Gasteiger partial charge is 0.494 e. The van der Waals surface area contributed by atoms with Gasteiger partial charge in [0.25, 0.3) is 5.91 Å². The van der Waals surface area contributed by atoms with Gasteiger partial charge in [-0.25, -0.2) is 4.79 Å². The molecule has 1 saturated heterocycles. The summed E-state index contributed by atoms with van der Waals surface area (Å²) in [5, 5.41) is 18.6. The Morgan fingerprint density at radius 2 is 1.70 bits per heavy atom. The molecular formula is C44H48Cl2N6O5. The molecule has 298 valence electrons. The normalized spacial score (nSPS) is 16.2. The lowest BCUT2D eigenvalue weighted by molar-refractivity contribution is 0.0362. The van der Waals surface area contributed by atoms with Crippen molar-refractivity contribution in [3.05, 3.63) is 98.0 Å². The number of hydrogen-bond donors (Lipinski definition) is 1. The number of para-hydroxylation sites is 1. The molecule has 3 aromatic heterocycles. The van der Waals surface area contributed by atoms with Crippen molar-refractivity contribution in [3.8, 4) is 16.9 Å². The lowest BCUT2D eigenvalue weighted by atomic mass is 9.98. The number of carbonyl (C=O) groups excluding carboxylic acids is 1. The zero-order chi connectivity index (χ0) is 40.3. The van der Waals surface area contributed by atoms with Crippen LogP contribution < -0.4 is 9.64 Å². The highest BCUT2D eigenvalue weighted by Gasteiger charge is 2.40. The SMILES string of the molecule is Cc1cc(OCCCc2c3n(c4c(-c5c(C)nn(C)c5C)c(Cl)ccc24)C[C@@H](C)N(c2c(C(=O)O)n(CCN4CCOCC4)c4ccccc24)C3=O)cc(C)c1Cl. The first-order valence-corrected chi connectivity index (χ1v) is 20.3. The van der Waals surface area contributed by atoms with Gasteiger partial charge in [0.2, 0.25) is 0 Å². The molecule has 8 rings (SSSR count). The van der Waals surface area contributed by atoms with E-state index in [1.165, 1.54) is 0 Å². The molecule has 3 aromatic carbocycles. The Kier molecular flexibility index (Phi) is 10.6. The number of carbonyl (C=O) groups is 2. The number of hydrogen-bond acceptors (Lipinski definition) is 6. The van der Waals surface area contributed by atoms with E-state index in [-0.39, 0.29) is 11.6 Å². The molecule has 1 N–H and O–H groups in total. The summed E-state index contributed by atoms with van der Waals surface area (Å²) in [5.41, 5.74) is 9.11. The van der Waals surface area contributed by atoms with E-state index in [1.54, 1.807) is 4.90 Å². The van der Waals surface area contributed by atoms with Crippen molar-refractivity contribution in [3.63, 3.8) is 0 Å². The van der Waals surface area contributed by atoms with E-state index in [4.69, 9.17) is 37.8 Å². The lowest BCUT2D eigenvalue weighted by Crippen LogP contribution is -2.47. The van der Waals surface area contributed by atoms with Gasteiger partial charge >= 0.3 is 5.97 Å². The third kappa shape index (κ3) is 6.78. The van der Waals surface area contributed by atoms with Crippen molar-refractivity contribution in [2.75, 3.05) is 44.4 Å². The first kappa shape index (κ1) is 39.0. The van der Waals surface area contributed by atoms with Gasteiger partial charge in [0.05, 0.1) is 53.3 Å². The van der Waals surface area contributed by atoms with Crippen LogP contribution in [0.25, 0.3) is 32.9 Å². The smallest absolute Gasteiger partial charge is 0.354 e. The molecule has 0 unspecified atom stereocenters. The van der Waals surface area contributed by atoms with Crippen LogP contribution in [-0.4, -0.2) is 86.3 Å². The maximum absolute atomic E-state index is 15.5. The van der Waals surface area contributed by atoms with Gasteiger partial charge in [0.15, 0.2) is 5.69 Å². The summed E-state index contributed by atoms with van der Waals surface area (Å²) in [7, 11) is 1.92. The number of carboxylic acids is 1. The van der Waals surface area contributed by atoms with Gasteiger partial charge < -0.3 is 23.7 Å². The number of rotatable bonds is 11. The van der Waals surface area contributed by atoms with Gasteiger partial charge in [-0.1, -0.05) is 47.5 Å². The highest BCUT2D eigenvalue weighted by atomic mass is 35.5. The van der Waals surface area contributed by atoms with Crippen molar-refractivity contribution in [2.45, 2.75) is 66.6 Å². The van der Waals surface area contributed by atoms with Crippen LogP contribution >= 0.6 is 23.2 Å². The number of anilines is 1. The molecule has 57 heavy (non-hydrogen) atoms. The molecule has 0 spiro atoms. The van der Waals surface area contributed by atoms with Crippen LogP contribution in [0.3, 0.4) is 0 Å². The van der Waals surface area contributed by atoms with Gasteiger partial charge in [-0.05, 0) is 88.4 Å². The molecule has 0 bridgehead atoms. The molecule has 0 aliphatic carbocycles. The number of nitrogens with zero attached hydrogens (tertiary/aromatic N) is 6.